The fourth-order valence-electron chi connectivity index (χ4n) is 5.68. The summed E-state index contributed by atoms with van der Waals surface area (Å²) < 4.78 is 41.9. The second-order valence-corrected chi connectivity index (χ2v) is 9.08. The maximum atomic E-state index is 13.5. The molecule has 0 aromatic heterocycles. The van der Waals surface area contributed by atoms with Crippen molar-refractivity contribution in [1.29, 1.82) is 0 Å². The highest BCUT2D eigenvalue weighted by atomic mass is 19.1. The Morgan fingerprint density at radius 3 is 2.17 bits per heavy atom. The summed E-state index contributed by atoms with van der Waals surface area (Å²) in [6.07, 6.45) is 0. The van der Waals surface area contributed by atoms with Crippen molar-refractivity contribution < 1.29 is 33.2 Å². The molecule has 0 unspecified atom stereocenters. The normalized spacial score (nSPS) is 24.0. The van der Waals surface area contributed by atoms with Gasteiger partial charge in [0.1, 0.15) is 5.82 Å². The molecule has 2 N–H and O–H groups in total. The average molecular weight is 480 g/mol. The molecule has 8 heteroatoms. The Balaban J connectivity index is 1.52. The van der Waals surface area contributed by atoms with Crippen LogP contribution in [0.5, 0.6) is 28.7 Å². The third-order valence-corrected chi connectivity index (χ3v) is 7.30. The first kappa shape index (κ1) is 21.9. The maximum absolute atomic E-state index is 13.5. The van der Waals surface area contributed by atoms with Crippen LogP contribution < -0.4 is 24.3 Å². The first-order valence-corrected chi connectivity index (χ1v) is 11.6. The lowest BCUT2D eigenvalue weighted by Crippen LogP contribution is -2.36. The molecule has 1 aliphatic carbocycles. The molecular formula is C27H26FNO6. The lowest BCUT2D eigenvalue weighted by atomic mass is 9.65. The molecule has 0 amide bonds. The standard InChI is InChI=1S/C27H26FNO6/c1-31-23-7-14(8-24(32-2)27(23)30)25-17-9-21-22(35-13-34-21)10-18(17)26(20-12-33-11-19(20)25)29-16-5-3-15(28)4-6-16/h3-10,19-20,25-26,29-30H,11-13H2,1-2H3/t19-,20-,25+,26+/m0/s1. The van der Waals surface area contributed by atoms with Crippen molar-refractivity contribution >= 4 is 5.69 Å². The van der Waals surface area contributed by atoms with Crippen molar-refractivity contribution in [3.05, 3.63) is 71.0 Å². The van der Waals surface area contributed by atoms with E-state index in [1.54, 1.807) is 12.1 Å². The molecule has 3 aromatic rings. The van der Waals surface area contributed by atoms with Crippen LogP contribution >= 0.6 is 0 Å². The molecule has 3 aliphatic rings. The Kier molecular flexibility index (Phi) is 5.33. The zero-order valence-corrected chi connectivity index (χ0v) is 19.4. The van der Waals surface area contributed by atoms with Gasteiger partial charge in [-0.25, -0.2) is 4.39 Å². The molecule has 0 saturated carbocycles. The largest absolute Gasteiger partial charge is 0.502 e. The second-order valence-electron chi connectivity index (χ2n) is 9.08. The van der Waals surface area contributed by atoms with Gasteiger partial charge >= 0.3 is 0 Å². The van der Waals surface area contributed by atoms with Gasteiger partial charge in [0.15, 0.2) is 23.0 Å². The van der Waals surface area contributed by atoms with Crippen LogP contribution in [0.4, 0.5) is 10.1 Å². The van der Waals surface area contributed by atoms with Crippen LogP contribution in [-0.4, -0.2) is 39.3 Å². The van der Waals surface area contributed by atoms with Crippen LogP contribution in [0.2, 0.25) is 0 Å². The number of rotatable bonds is 5. The topological polar surface area (TPSA) is 78.4 Å². The van der Waals surface area contributed by atoms with Crippen molar-refractivity contribution in [2.24, 2.45) is 11.8 Å². The first-order chi connectivity index (χ1) is 17.1. The van der Waals surface area contributed by atoms with E-state index >= 15 is 0 Å². The highest BCUT2D eigenvalue weighted by Gasteiger charge is 2.47. The van der Waals surface area contributed by atoms with E-state index in [1.807, 2.05) is 24.3 Å². The average Bonchev–Trinajstić information content (AvgIpc) is 3.54. The number of hydrogen-bond donors (Lipinski definition) is 2. The minimum absolute atomic E-state index is 0.0319. The molecule has 1 saturated heterocycles. The minimum Gasteiger partial charge on any atom is -0.502 e. The van der Waals surface area contributed by atoms with Crippen LogP contribution in [0.1, 0.15) is 28.7 Å². The maximum Gasteiger partial charge on any atom is 0.231 e. The highest BCUT2D eigenvalue weighted by molar-refractivity contribution is 5.60. The number of halogens is 1. The summed E-state index contributed by atoms with van der Waals surface area (Å²) in [6.45, 7) is 1.34. The fraction of sp³-hybridized carbons (Fsp3) is 0.333. The van der Waals surface area contributed by atoms with Crippen molar-refractivity contribution in [3.8, 4) is 28.7 Å². The quantitative estimate of drug-likeness (QED) is 0.542. The van der Waals surface area contributed by atoms with Crippen LogP contribution in [0, 0.1) is 17.7 Å². The van der Waals surface area contributed by atoms with E-state index in [4.69, 9.17) is 23.7 Å². The van der Waals surface area contributed by atoms with Gasteiger partial charge in [0.25, 0.3) is 0 Å². The minimum atomic E-state index is -0.277. The number of nitrogens with one attached hydrogen (secondary N) is 1. The number of fused-ring (bicyclic) bond motifs is 3. The van der Waals surface area contributed by atoms with Gasteiger partial charge in [0, 0.05) is 23.4 Å². The third kappa shape index (κ3) is 3.60. The Hall–Kier alpha value is -3.65. The van der Waals surface area contributed by atoms with Crippen molar-refractivity contribution in [1.82, 2.24) is 0 Å². The van der Waals surface area contributed by atoms with E-state index < -0.39 is 0 Å². The smallest absolute Gasteiger partial charge is 0.231 e. The van der Waals surface area contributed by atoms with Crippen molar-refractivity contribution in [3.63, 3.8) is 0 Å². The van der Waals surface area contributed by atoms with E-state index in [0.29, 0.717) is 36.2 Å². The monoisotopic (exact) mass is 479 g/mol. The lowest BCUT2D eigenvalue weighted by molar-refractivity contribution is 0.173. The zero-order chi connectivity index (χ0) is 24.1. The van der Waals surface area contributed by atoms with Gasteiger partial charge in [-0.2, -0.15) is 0 Å². The summed E-state index contributed by atoms with van der Waals surface area (Å²) in [4.78, 5) is 0. The third-order valence-electron chi connectivity index (χ3n) is 7.30. The van der Waals surface area contributed by atoms with E-state index in [2.05, 4.69) is 5.32 Å². The highest BCUT2D eigenvalue weighted by Crippen LogP contribution is 2.55. The summed E-state index contributed by atoms with van der Waals surface area (Å²) in [6, 6.07) is 14.1. The molecule has 3 aromatic carbocycles. The molecule has 2 heterocycles. The Bertz CT molecular complexity index is 1240. The molecule has 2 aliphatic heterocycles. The molecule has 4 atom stereocenters. The number of aromatic hydroxyl groups is 1. The summed E-state index contributed by atoms with van der Waals surface area (Å²) in [7, 11) is 3.05. The van der Waals surface area contributed by atoms with Gasteiger partial charge < -0.3 is 34.1 Å². The van der Waals surface area contributed by atoms with Crippen LogP contribution in [-0.2, 0) is 4.74 Å². The molecular weight excluding hydrogens is 453 g/mol. The summed E-state index contributed by atoms with van der Waals surface area (Å²) in [5.74, 6) is 2.02. The molecule has 7 nitrogen and oxygen atoms in total. The van der Waals surface area contributed by atoms with Gasteiger partial charge in [0.05, 0.1) is 33.5 Å². The molecule has 182 valence electrons. The van der Waals surface area contributed by atoms with E-state index in [0.717, 1.165) is 22.4 Å². The number of hydrogen-bond acceptors (Lipinski definition) is 7. The fourth-order valence-corrected chi connectivity index (χ4v) is 5.68. The Labute approximate surface area is 202 Å². The zero-order valence-electron chi connectivity index (χ0n) is 19.4. The van der Waals surface area contributed by atoms with Gasteiger partial charge in [-0.15, -0.1) is 0 Å². The molecule has 0 bridgehead atoms. The van der Waals surface area contributed by atoms with Crippen molar-refractivity contribution in [2.45, 2.75) is 12.0 Å². The number of ether oxygens (including phenoxy) is 5. The van der Waals surface area contributed by atoms with Crippen molar-refractivity contribution in [2.75, 3.05) is 39.5 Å². The molecule has 35 heavy (non-hydrogen) atoms. The second kappa shape index (κ2) is 8.53. The van der Waals surface area contributed by atoms with Crippen LogP contribution in [0.25, 0.3) is 0 Å². The van der Waals surface area contributed by atoms with Crippen LogP contribution in [0.3, 0.4) is 0 Å². The van der Waals surface area contributed by atoms with E-state index in [-0.39, 0.29) is 42.2 Å². The number of benzene rings is 3. The molecule has 0 spiro atoms. The van der Waals surface area contributed by atoms with E-state index in [1.165, 1.54) is 26.4 Å². The number of anilines is 1. The SMILES string of the molecule is COc1cc([C@@H]2c3cc4c(cc3[C@@H](Nc3ccc(F)cc3)[C@H]3COC[C@H]23)OCO4)cc(OC)c1O. The Morgan fingerprint density at radius 2 is 1.51 bits per heavy atom. The molecule has 6 rings (SSSR count). The lowest BCUT2D eigenvalue weighted by Gasteiger charge is -2.41. The predicted octanol–water partition coefficient (Wildman–Crippen LogP) is 4.84. The summed E-state index contributed by atoms with van der Waals surface area (Å²) in [5, 5.41) is 14.1. The number of phenols is 1. The van der Waals surface area contributed by atoms with Gasteiger partial charge in [-0.05, 0) is 65.2 Å². The van der Waals surface area contributed by atoms with E-state index in [9.17, 15) is 9.50 Å². The molecule has 1 fully saturated rings. The van der Waals surface area contributed by atoms with Gasteiger partial charge in [-0.1, -0.05) is 0 Å². The predicted molar refractivity (Wildman–Crippen MR) is 126 cm³/mol. The first-order valence-electron chi connectivity index (χ1n) is 11.6. The summed E-state index contributed by atoms with van der Waals surface area (Å²) >= 11 is 0. The summed E-state index contributed by atoms with van der Waals surface area (Å²) in [5.41, 5.74) is 3.94. The Morgan fingerprint density at radius 1 is 0.886 bits per heavy atom. The molecule has 0 radical (unpaired) electrons. The number of phenolic OH excluding ortho intramolecular Hbond substituents is 1. The van der Waals surface area contributed by atoms with Gasteiger partial charge in [-0.3, -0.25) is 0 Å². The number of methoxy groups -OCH3 is 2. The van der Waals surface area contributed by atoms with Crippen LogP contribution in [0.15, 0.2) is 48.5 Å². The van der Waals surface area contributed by atoms with Gasteiger partial charge in [0.2, 0.25) is 12.5 Å².